The number of piperidine rings is 1. The number of nitrogens with zero attached hydrogens (tertiary/aromatic N) is 3. The van der Waals surface area contributed by atoms with Crippen molar-refractivity contribution in [3.63, 3.8) is 0 Å². The van der Waals surface area contributed by atoms with Gasteiger partial charge >= 0.3 is 6.18 Å². The fourth-order valence-electron chi connectivity index (χ4n) is 3.14. The van der Waals surface area contributed by atoms with Crippen LogP contribution in [0.15, 0.2) is 40.7 Å². The number of nitrogens with one attached hydrogen (secondary N) is 2. The number of alkyl halides is 3. The van der Waals surface area contributed by atoms with Gasteiger partial charge in [0.05, 0.1) is 6.54 Å². The second-order valence-electron chi connectivity index (χ2n) is 6.58. The number of hydrogen-bond acceptors (Lipinski definition) is 4. The molecule has 0 spiro atoms. The first-order valence-corrected chi connectivity index (χ1v) is 10.2. The molecule has 28 heavy (non-hydrogen) atoms. The molecule has 0 radical (unpaired) electrons. The van der Waals surface area contributed by atoms with Gasteiger partial charge in [0.25, 0.3) is 0 Å². The molecule has 1 aromatic carbocycles. The highest BCUT2D eigenvalue weighted by Gasteiger charge is 2.33. The predicted molar refractivity (Wildman–Crippen MR) is 107 cm³/mol. The molecule has 0 amide bonds. The fraction of sp³-hybridized carbons (Fsp3) is 0.474. The first-order valence-electron chi connectivity index (χ1n) is 9.32. The van der Waals surface area contributed by atoms with Gasteiger partial charge in [-0.2, -0.15) is 13.2 Å². The van der Waals surface area contributed by atoms with Crippen molar-refractivity contribution in [2.24, 2.45) is 4.99 Å². The molecule has 1 saturated heterocycles. The number of benzene rings is 1. The molecule has 1 aliphatic rings. The average Bonchev–Trinajstić information content (AvgIpc) is 3.17. The van der Waals surface area contributed by atoms with E-state index in [1.165, 1.54) is 5.69 Å². The highest BCUT2D eigenvalue weighted by Crippen LogP contribution is 2.30. The second-order valence-corrected chi connectivity index (χ2v) is 7.53. The Bertz CT molecular complexity index is 775. The van der Waals surface area contributed by atoms with Crippen molar-refractivity contribution in [3.8, 4) is 0 Å². The smallest absolute Gasteiger partial charge is 0.369 e. The van der Waals surface area contributed by atoms with Crippen LogP contribution in [-0.2, 0) is 12.7 Å². The zero-order valence-electron chi connectivity index (χ0n) is 15.7. The molecular weight excluding hydrogens is 387 g/mol. The molecule has 1 unspecified atom stereocenters. The van der Waals surface area contributed by atoms with Gasteiger partial charge in [-0.3, -0.25) is 0 Å². The van der Waals surface area contributed by atoms with E-state index in [2.05, 4.69) is 37.6 Å². The van der Waals surface area contributed by atoms with Crippen LogP contribution in [0.1, 0.15) is 30.5 Å². The van der Waals surface area contributed by atoms with Crippen molar-refractivity contribution in [2.75, 3.05) is 24.5 Å². The fourth-order valence-corrected chi connectivity index (χ4v) is 3.87. The number of aliphatic imine (C=N–C) groups is 1. The van der Waals surface area contributed by atoms with E-state index in [1.54, 1.807) is 0 Å². The van der Waals surface area contributed by atoms with E-state index in [0.717, 1.165) is 42.6 Å². The van der Waals surface area contributed by atoms with Crippen LogP contribution in [0.4, 0.5) is 18.9 Å². The van der Waals surface area contributed by atoms with Crippen LogP contribution in [-0.4, -0.2) is 36.6 Å². The van der Waals surface area contributed by atoms with Crippen LogP contribution in [0.25, 0.3) is 0 Å². The van der Waals surface area contributed by atoms with Gasteiger partial charge in [0.1, 0.15) is 5.01 Å². The van der Waals surface area contributed by atoms with Crippen LogP contribution in [0.2, 0.25) is 0 Å². The van der Waals surface area contributed by atoms with E-state index in [-0.39, 0.29) is 12.6 Å². The Balaban J connectivity index is 1.62. The van der Waals surface area contributed by atoms with Crippen molar-refractivity contribution in [1.29, 1.82) is 0 Å². The maximum absolute atomic E-state index is 12.7. The summed E-state index contributed by atoms with van der Waals surface area (Å²) in [4.78, 5) is 10.4. The molecule has 0 saturated carbocycles. The summed E-state index contributed by atoms with van der Waals surface area (Å²) in [6.45, 7) is 4.61. The molecule has 1 aromatic heterocycles. The minimum Gasteiger partial charge on any atom is -0.369 e. The molecule has 1 atom stereocenters. The number of thiazole rings is 1. The van der Waals surface area contributed by atoms with Gasteiger partial charge < -0.3 is 15.5 Å². The van der Waals surface area contributed by atoms with E-state index in [4.69, 9.17) is 0 Å². The summed E-state index contributed by atoms with van der Waals surface area (Å²) >= 11 is 0.978. The molecule has 2 aromatic rings. The SMILES string of the molecule is CCNC(=NCc1nc(C(F)(F)F)cs1)NC1CCCN(c2ccccc2)C1. The molecule has 1 aliphatic heterocycles. The number of anilines is 1. The van der Waals surface area contributed by atoms with Gasteiger partial charge in [0.15, 0.2) is 11.7 Å². The minimum atomic E-state index is -4.41. The molecule has 0 bridgehead atoms. The normalized spacial score (nSPS) is 18.2. The van der Waals surface area contributed by atoms with Gasteiger partial charge in [0, 0.05) is 36.7 Å². The lowest BCUT2D eigenvalue weighted by atomic mass is 10.1. The van der Waals surface area contributed by atoms with Crippen molar-refractivity contribution in [2.45, 2.75) is 38.5 Å². The monoisotopic (exact) mass is 411 g/mol. The number of aromatic nitrogens is 1. The number of para-hydroxylation sites is 1. The predicted octanol–water partition coefficient (Wildman–Crippen LogP) is 3.89. The minimum absolute atomic E-state index is 0.116. The quantitative estimate of drug-likeness (QED) is 0.579. The Hall–Kier alpha value is -2.29. The number of hydrogen-bond donors (Lipinski definition) is 2. The lowest BCUT2D eigenvalue weighted by Gasteiger charge is -2.35. The summed E-state index contributed by atoms with van der Waals surface area (Å²) in [5, 5.41) is 7.96. The van der Waals surface area contributed by atoms with Gasteiger partial charge in [-0.1, -0.05) is 18.2 Å². The van der Waals surface area contributed by atoms with Crippen molar-refractivity contribution in [1.82, 2.24) is 15.6 Å². The molecule has 0 aliphatic carbocycles. The van der Waals surface area contributed by atoms with Crippen LogP contribution in [0.5, 0.6) is 0 Å². The maximum atomic E-state index is 12.7. The third kappa shape index (κ3) is 5.60. The summed E-state index contributed by atoms with van der Waals surface area (Å²) in [5.74, 6) is 0.603. The second kappa shape index (κ2) is 9.27. The lowest BCUT2D eigenvalue weighted by Crippen LogP contribution is -2.51. The van der Waals surface area contributed by atoms with Gasteiger partial charge in [0.2, 0.25) is 0 Å². The van der Waals surface area contributed by atoms with Crippen molar-refractivity contribution in [3.05, 3.63) is 46.4 Å². The molecule has 2 heterocycles. The van der Waals surface area contributed by atoms with Crippen molar-refractivity contribution >= 4 is 23.0 Å². The summed E-state index contributed by atoms with van der Waals surface area (Å²) in [5.41, 5.74) is 0.338. The number of guanidine groups is 1. The topological polar surface area (TPSA) is 52.6 Å². The molecular formula is C19H24F3N5S. The van der Waals surface area contributed by atoms with Gasteiger partial charge in [-0.05, 0) is 31.9 Å². The third-order valence-electron chi connectivity index (χ3n) is 4.44. The number of rotatable bonds is 5. The Kier molecular flexibility index (Phi) is 6.77. The highest BCUT2D eigenvalue weighted by atomic mass is 32.1. The first kappa shape index (κ1) is 20.4. The molecule has 9 heteroatoms. The first-order chi connectivity index (χ1) is 13.5. The Morgan fingerprint density at radius 3 is 2.79 bits per heavy atom. The maximum Gasteiger partial charge on any atom is 0.434 e. The average molecular weight is 411 g/mol. The van der Waals surface area contributed by atoms with E-state index < -0.39 is 11.9 Å². The van der Waals surface area contributed by atoms with E-state index in [9.17, 15) is 13.2 Å². The van der Waals surface area contributed by atoms with Gasteiger partial charge in [-0.25, -0.2) is 9.98 Å². The molecule has 5 nitrogen and oxygen atoms in total. The van der Waals surface area contributed by atoms with Gasteiger partial charge in [-0.15, -0.1) is 11.3 Å². The Morgan fingerprint density at radius 1 is 1.32 bits per heavy atom. The molecule has 3 rings (SSSR count). The van der Waals surface area contributed by atoms with E-state index in [0.29, 0.717) is 17.5 Å². The number of halogens is 3. The summed E-state index contributed by atoms with van der Waals surface area (Å²) in [7, 11) is 0. The molecule has 2 N–H and O–H groups in total. The highest BCUT2D eigenvalue weighted by molar-refractivity contribution is 7.09. The zero-order valence-corrected chi connectivity index (χ0v) is 16.5. The molecule has 1 fully saturated rings. The van der Waals surface area contributed by atoms with E-state index >= 15 is 0 Å². The van der Waals surface area contributed by atoms with Crippen LogP contribution in [0, 0.1) is 0 Å². The summed E-state index contributed by atoms with van der Waals surface area (Å²) in [6.07, 6.45) is -2.33. The van der Waals surface area contributed by atoms with Crippen LogP contribution >= 0.6 is 11.3 Å². The van der Waals surface area contributed by atoms with Crippen LogP contribution in [0.3, 0.4) is 0 Å². The van der Waals surface area contributed by atoms with Crippen LogP contribution < -0.4 is 15.5 Å². The Morgan fingerprint density at radius 2 is 2.11 bits per heavy atom. The lowest BCUT2D eigenvalue weighted by molar-refractivity contribution is -0.140. The molecule has 152 valence electrons. The largest absolute Gasteiger partial charge is 0.434 e. The summed E-state index contributed by atoms with van der Waals surface area (Å²) in [6, 6.07) is 10.5. The Labute approximate surface area is 166 Å². The van der Waals surface area contributed by atoms with Crippen molar-refractivity contribution < 1.29 is 13.2 Å². The summed E-state index contributed by atoms with van der Waals surface area (Å²) < 4.78 is 38.1. The van der Waals surface area contributed by atoms with E-state index in [1.807, 2.05) is 25.1 Å². The third-order valence-corrected chi connectivity index (χ3v) is 5.28. The standard InChI is InChI=1S/C19H24F3N5S/c1-2-23-18(24-11-17-26-16(13-28-17)19(20,21)22)25-14-7-6-10-27(12-14)15-8-4-3-5-9-15/h3-5,8-9,13-14H,2,6-7,10-12H2,1H3,(H2,23,24,25). The zero-order chi connectivity index (χ0) is 20.0.